The van der Waals surface area contributed by atoms with Crippen LogP contribution in [-0.4, -0.2) is 31.4 Å². The number of likely N-dealkylation sites (N-methyl/N-ethyl adjacent to an activating group) is 1. The second-order valence-corrected chi connectivity index (χ2v) is 6.26. The second kappa shape index (κ2) is 7.13. The molecule has 2 heterocycles. The number of furan rings is 1. The van der Waals surface area contributed by atoms with E-state index in [0.717, 1.165) is 5.76 Å². The summed E-state index contributed by atoms with van der Waals surface area (Å²) in [5.74, 6) is 0.226. The first-order valence-corrected chi connectivity index (χ1v) is 8.05. The van der Waals surface area contributed by atoms with E-state index in [1.807, 2.05) is 25.1 Å². The van der Waals surface area contributed by atoms with Gasteiger partial charge in [-0.25, -0.2) is 0 Å². The van der Waals surface area contributed by atoms with E-state index in [9.17, 15) is 9.59 Å². The zero-order valence-corrected chi connectivity index (χ0v) is 14.5. The van der Waals surface area contributed by atoms with Crippen LogP contribution in [0.5, 0.6) is 0 Å². The SMILES string of the molecule is CN(C)C(CNC(=O)c1cc(=O)c2cc(Cl)ccc2o1)c1ccco1. The quantitative estimate of drug-likeness (QED) is 0.756. The Morgan fingerprint density at radius 3 is 2.76 bits per heavy atom. The predicted molar refractivity (Wildman–Crippen MR) is 95.0 cm³/mol. The van der Waals surface area contributed by atoms with E-state index < -0.39 is 5.91 Å². The van der Waals surface area contributed by atoms with Crippen LogP contribution in [0.3, 0.4) is 0 Å². The minimum atomic E-state index is -0.465. The summed E-state index contributed by atoms with van der Waals surface area (Å²) in [7, 11) is 3.78. The van der Waals surface area contributed by atoms with Gasteiger partial charge in [0.05, 0.1) is 17.7 Å². The van der Waals surface area contributed by atoms with E-state index >= 15 is 0 Å². The first kappa shape index (κ1) is 17.3. The summed E-state index contributed by atoms with van der Waals surface area (Å²) in [4.78, 5) is 26.5. The lowest BCUT2D eigenvalue weighted by Gasteiger charge is -2.22. The van der Waals surface area contributed by atoms with Gasteiger partial charge < -0.3 is 14.2 Å². The molecule has 0 spiro atoms. The van der Waals surface area contributed by atoms with Crippen LogP contribution in [0.4, 0.5) is 0 Å². The topological polar surface area (TPSA) is 75.7 Å². The van der Waals surface area contributed by atoms with E-state index in [0.29, 0.717) is 22.5 Å². The van der Waals surface area contributed by atoms with E-state index in [-0.39, 0.29) is 17.2 Å². The fourth-order valence-corrected chi connectivity index (χ4v) is 2.71. The highest BCUT2D eigenvalue weighted by Gasteiger charge is 2.19. The molecule has 0 bridgehead atoms. The molecule has 1 amide bonds. The number of nitrogens with zero attached hydrogens (tertiary/aromatic N) is 1. The molecule has 3 aromatic rings. The van der Waals surface area contributed by atoms with Crippen molar-refractivity contribution in [2.24, 2.45) is 0 Å². The predicted octanol–water partition coefficient (Wildman–Crippen LogP) is 3.07. The number of amides is 1. The van der Waals surface area contributed by atoms with Crippen molar-refractivity contribution in [3.63, 3.8) is 0 Å². The minimum Gasteiger partial charge on any atom is -0.468 e. The lowest BCUT2D eigenvalue weighted by molar-refractivity contribution is 0.0912. The molecule has 25 heavy (non-hydrogen) atoms. The van der Waals surface area contributed by atoms with E-state index in [4.69, 9.17) is 20.4 Å². The lowest BCUT2D eigenvalue weighted by atomic mass is 10.2. The Morgan fingerprint density at radius 2 is 2.08 bits per heavy atom. The highest BCUT2D eigenvalue weighted by atomic mass is 35.5. The number of carbonyl (C=O) groups is 1. The summed E-state index contributed by atoms with van der Waals surface area (Å²) >= 11 is 5.88. The zero-order valence-electron chi connectivity index (χ0n) is 13.8. The van der Waals surface area contributed by atoms with Crippen molar-refractivity contribution in [3.8, 4) is 0 Å². The molecular weight excluding hydrogens is 344 g/mol. The van der Waals surface area contributed by atoms with Crippen molar-refractivity contribution < 1.29 is 13.6 Å². The highest BCUT2D eigenvalue weighted by molar-refractivity contribution is 6.31. The molecule has 0 saturated heterocycles. The van der Waals surface area contributed by atoms with E-state index in [2.05, 4.69) is 5.32 Å². The fraction of sp³-hybridized carbons (Fsp3) is 0.222. The van der Waals surface area contributed by atoms with Gasteiger partial charge in [-0.05, 0) is 44.4 Å². The summed E-state index contributed by atoms with van der Waals surface area (Å²) in [6.07, 6.45) is 1.58. The first-order valence-electron chi connectivity index (χ1n) is 7.67. The van der Waals surface area contributed by atoms with Crippen molar-refractivity contribution in [2.45, 2.75) is 6.04 Å². The van der Waals surface area contributed by atoms with Crippen LogP contribution < -0.4 is 10.7 Å². The average Bonchev–Trinajstić information content (AvgIpc) is 3.09. The van der Waals surface area contributed by atoms with Crippen molar-refractivity contribution in [3.05, 3.63) is 69.4 Å². The van der Waals surface area contributed by atoms with Crippen LogP contribution in [0.25, 0.3) is 11.0 Å². The number of hydrogen-bond acceptors (Lipinski definition) is 5. The maximum absolute atomic E-state index is 12.4. The van der Waals surface area contributed by atoms with Gasteiger partial charge in [0.2, 0.25) is 0 Å². The molecule has 0 aliphatic heterocycles. The monoisotopic (exact) mass is 360 g/mol. The maximum Gasteiger partial charge on any atom is 0.287 e. The van der Waals surface area contributed by atoms with Crippen LogP contribution in [-0.2, 0) is 0 Å². The van der Waals surface area contributed by atoms with Gasteiger partial charge in [0, 0.05) is 17.6 Å². The van der Waals surface area contributed by atoms with Crippen molar-refractivity contribution in [1.29, 1.82) is 0 Å². The maximum atomic E-state index is 12.4. The van der Waals surface area contributed by atoms with Gasteiger partial charge in [-0.1, -0.05) is 11.6 Å². The zero-order chi connectivity index (χ0) is 18.0. The Kier molecular flexibility index (Phi) is 4.92. The molecule has 1 N–H and O–H groups in total. The average molecular weight is 361 g/mol. The van der Waals surface area contributed by atoms with Gasteiger partial charge in [-0.2, -0.15) is 0 Å². The Morgan fingerprint density at radius 1 is 1.28 bits per heavy atom. The molecule has 1 aromatic carbocycles. The molecule has 2 aromatic heterocycles. The van der Waals surface area contributed by atoms with Crippen molar-refractivity contribution in [2.75, 3.05) is 20.6 Å². The third-order valence-electron chi connectivity index (χ3n) is 3.86. The normalized spacial score (nSPS) is 12.5. The van der Waals surface area contributed by atoms with Gasteiger partial charge in [-0.15, -0.1) is 0 Å². The largest absolute Gasteiger partial charge is 0.468 e. The van der Waals surface area contributed by atoms with Crippen LogP contribution in [0.15, 0.2) is 56.3 Å². The van der Waals surface area contributed by atoms with Crippen LogP contribution in [0.1, 0.15) is 22.4 Å². The minimum absolute atomic E-state index is 0.0447. The van der Waals surface area contributed by atoms with Crippen LogP contribution in [0, 0.1) is 0 Å². The second-order valence-electron chi connectivity index (χ2n) is 5.82. The summed E-state index contributed by atoms with van der Waals surface area (Å²) in [5.41, 5.74) is 0.00124. The van der Waals surface area contributed by atoms with Gasteiger partial charge >= 0.3 is 0 Å². The summed E-state index contributed by atoms with van der Waals surface area (Å²) in [6, 6.07) is 9.37. The summed E-state index contributed by atoms with van der Waals surface area (Å²) < 4.78 is 10.9. The molecule has 6 nitrogen and oxygen atoms in total. The lowest BCUT2D eigenvalue weighted by Crippen LogP contribution is -2.34. The fourth-order valence-electron chi connectivity index (χ4n) is 2.54. The smallest absolute Gasteiger partial charge is 0.287 e. The van der Waals surface area contributed by atoms with Gasteiger partial charge in [0.25, 0.3) is 5.91 Å². The Hall–Kier alpha value is -2.57. The molecule has 0 aliphatic rings. The molecule has 130 valence electrons. The van der Waals surface area contributed by atoms with Crippen LogP contribution >= 0.6 is 11.6 Å². The number of carbonyl (C=O) groups excluding carboxylic acids is 1. The molecule has 1 atom stereocenters. The molecule has 0 fully saturated rings. The molecule has 1 unspecified atom stereocenters. The molecule has 7 heteroatoms. The Labute approximate surface area is 149 Å². The van der Waals surface area contributed by atoms with Crippen molar-refractivity contribution >= 4 is 28.5 Å². The number of hydrogen-bond donors (Lipinski definition) is 1. The highest BCUT2D eigenvalue weighted by Crippen LogP contribution is 2.19. The standard InChI is InChI=1S/C18H17ClN2O4/c1-21(2)13(16-4-3-7-24-16)10-20-18(23)17-9-14(22)12-8-11(19)5-6-15(12)25-17/h3-9,13H,10H2,1-2H3,(H,20,23). The molecule has 0 radical (unpaired) electrons. The third kappa shape index (κ3) is 3.75. The van der Waals surface area contributed by atoms with E-state index in [1.54, 1.807) is 24.5 Å². The molecule has 0 saturated carbocycles. The number of halogens is 1. The van der Waals surface area contributed by atoms with Crippen LogP contribution in [0.2, 0.25) is 5.02 Å². The molecule has 0 aliphatic carbocycles. The Bertz CT molecular complexity index is 947. The number of nitrogens with one attached hydrogen (secondary N) is 1. The number of benzene rings is 1. The molecule has 3 rings (SSSR count). The number of rotatable bonds is 5. The van der Waals surface area contributed by atoms with Gasteiger partial charge in [-0.3, -0.25) is 14.5 Å². The number of fused-ring (bicyclic) bond motifs is 1. The van der Waals surface area contributed by atoms with Crippen molar-refractivity contribution in [1.82, 2.24) is 10.2 Å². The first-order chi connectivity index (χ1) is 12.0. The Balaban J connectivity index is 1.80. The van der Waals surface area contributed by atoms with E-state index in [1.165, 1.54) is 12.1 Å². The third-order valence-corrected chi connectivity index (χ3v) is 4.10. The summed E-state index contributed by atoms with van der Waals surface area (Å²) in [5, 5.41) is 3.55. The van der Waals surface area contributed by atoms with Gasteiger partial charge in [0.15, 0.2) is 11.2 Å². The van der Waals surface area contributed by atoms with Gasteiger partial charge in [0.1, 0.15) is 11.3 Å². The summed E-state index contributed by atoms with van der Waals surface area (Å²) in [6.45, 7) is 0.307. The molecular formula is C18H17ClN2O4.